The van der Waals surface area contributed by atoms with Crippen LogP contribution >= 0.6 is 0 Å². The van der Waals surface area contributed by atoms with Gasteiger partial charge < -0.3 is 14.7 Å². The lowest BCUT2D eigenvalue weighted by atomic mass is 9.68. The molecule has 0 aromatic carbocycles. The summed E-state index contributed by atoms with van der Waals surface area (Å²) in [6, 6.07) is 4.15. The third-order valence-corrected chi connectivity index (χ3v) is 7.67. The fraction of sp³-hybridized carbons (Fsp3) is 0.625. The van der Waals surface area contributed by atoms with Crippen molar-refractivity contribution in [2.75, 3.05) is 31.7 Å². The molecule has 0 aliphatic carbocycles. The molecule has 1 atom stereocenters. The SMILES string of the molecule is C[C@@H]1COCCN1c1cc(C2(O)CC(C)(C)N(C)C(C)(C)C2)c2cnn(-c3ccn[nH]3)c2n1. The molecule has 0 radical (unpaired) electrons. The van der Waals surface area contributed by atoms with Crippen molar-refractivity contribution in [1.29, 1.82) is 0 Å². The maximum absolute atomic E-state index is 12.3. The number of hydrogen-bond acceptors (Lipinski definition) is 7. The molecule has 0 bridgehead atoms. The first-order valence-corrected chi connectivity index (χ1v) is 11.7. The van der Waals surface area contributed by atoms with Gasteiger partial charge in [0.05, 0.1) is 37.3 Å². The van der Waals surface area contributed by atoms with Crippen molar-refractivity contribution >= 4 is 16.9 Å². The van der Waals surface area contributed by atoms with Crippen LogP contribution in [0.15, 0.2) is 24.5 Å². The highest BCUT2D eigenvalue weighted by molar-refractivity contribution is 5.83. The second-order valence-corrected chi connectivity index (χ2v) is 10.9. The minimum Gasteiger partial charge on any atom is -0.385 e. The summed E-state index contributed by atoms with van der Waals surface area (Å²) in [4.78, 5) is 9.69. The Balaban J connectivity index is 1.72. The highest BCUT2D eigenvalue weighted by Crippen LogP contribution is 2.49. The van der Waals surface area contributed by atoms with Gasteiger partial charge in [0.1, 0.15) is 5.82 Å². The number of piperidine rings is 1. The molecule has 0 saturated carbocycles. The average Bonchev–Trinajstić information content (AvgIpc) is 3.40. The Morgan fingerprint density at radius 2 is 1.91 bits per heavy atom. The number of anilines is 1. The molecule has 0 unspecified atom stereocenters. The number of fused-ring (bicyclic) bond motifs is 1. The molecule has 2 N–H and O–H groups in total. The van der Waals surface area contributed by atoms with Crippen molar-refractivity contribution < 1.29 is 9.84 Å². The van der Waals surface area contributed by atoms with Gasteiger partial charge in [-0.1, -0.05) is 0 Å². The van der Waals surface area contributed by atoms with Gasteiger partial charge in [-0.05, 0) is 66.1 Å². The molecule has 2 aliphatic rings. The molecule has 3 aromatic heterocycles. The zero-order valence-electron chi connectivity index (χ0n) is 20.5. The first kappa shape index (κ1) is 22.3. The first-order valence-electron chi connectivity index (χ1n) is 11.7. The van der Waals surface area contributed by atoms with Crippen molar-refractivity contribution in [2.24, 2.45) is 0 Å². The lowest BCUT2D eigenvalue weighted by molar-refractivity contribution is -0.128. The average molecular weight is 454 g/mol. The van der Waals surface area contributed by atoms with Gasteiger partial charge in [0.25, 0.3) is 0 Å². The maximum Gasteiger partial charge on any atom is 0.167 e. The van der Waals surface area contributed by atoms with Gasteiger partial charge in [0.2, 0.25) is 0 Å². The summed E-state index contributed by atoms with van der Waals surface area (Å²) >= 11 is 0. The molecule has 33 heavy (non-hydrogen) atoms. The number of rotatable bonds is 3. The second kappa shape index (κ2) is 7.51. The summed E-state index contributed by atoms with van der Waals surface area (Å²) in [6.45, 7) is 13.0. The van der Waals surface area contributed by atoms with E-state index in [1.165, 1.54) is 0 Å². The van der Waals surface area contributed by atoms with E-state index in [2.05, 4.69) is 72.8 Å². The normalized spacial score (nSPS) is 24.9. The van der Waals surface area contributed by atoms with Gasteiger partial charge in [0, 0.05) is 29.1 Å². The van der Waals surface area contributed by atoms with E-state index in [-0.39, 0.29) is 17.1 Å². The van der Waals surface area contributed by atoms with Crippen LogP contribution in [0.1, 0.15) is 53.0 Å². The molecule has 2 saturated heterocycles. The predicted octanol–water partition coefficient (Wildman–Crippen LogP) is 2.84. The van der Waals surface area contributed by atoms with Gasteiger partial charge in [-0.15, -0.1) is 0 Å². The van der Waals surface area contributed by atoms with Crippen LogP contribution in [-0.2, 0) is 10.3 Å². The van der Waals surface area contributed by atoms with Crippen LogP contribution in [-0.4, -0.2) is 78.9 Å². The van der Waals surface area contributed by atoms with Gasteiger partial charge in [-0.3, -0.25) is 10.00 Å². The topological polar surface area (TPSA) is 95.3 Å². The zero-order chi connectivity index (χ0) is 23.6. The molecule has 9 heteroatoms. The molecule has 0 spiro atoms. The van der Waals surface area contributed by atoms with Crippen LogP contribution in [0.5, 0.6) is 0 Å². The van der Waals surface area contributed by atoms with Gasteiger partial charge in [-0.25, -0.2) is 4.98 Å². The smallest absolute Gasteiger partial charge is 0.167 e. The molecule has 9 nitrogen and oxygen atoms in total. The second-order valence-electron chi connectivity index (χ2n) is 10.9. The Morgan fingerprint density at radius 1 is 1.18 bits per heavy atom. The summed E-state index contributed by atoms with van der Waals surface area (Å²) in [5.74, 6) is 1.59. The molecule has 2 aliphatic heterocycles. The standard InChI is InChI=1S/C24H35N7O2/c1-16-13-33-10-9-30(16)20-11-18(24(32)14-22(2,3)29(6)23(4,5)15-24)17-12-26-31(21(17)27-20)19-7-8-25-28-19/h7-8,11-12,16,32H,9-10,13-15H2,1-6H3,(H,25,28)/t16-/m1/s1. The number of likely N-dealkylation sites (tertiary alicyclic amines) is 1. The Bertz CT molecular complexity index is 1130. The summed E-state index contributed by atoms with van der Waals surface area (Å²) in [6.07, 6.45) is 4.76. The first-order chi connectivity index (χ1) is 15.5. The third kappa shape index (κ3) is 3.62. The van der Waals surface area contributed by atoms with Gasteiger partial charge >= 0.3 is 0 Å². The summed E-state index contributed by atoms with van der Waals surface area (Å²) < 4.78 is 7.44. The van der Waals surface area contributed by atoms with E-state index in [1.807, 2.05) is 12.3 Å². The lowest BCUT2D eigenvalue weighted by Crippen LogP contribution is -2.62. The molecular formula is C24H35N7O2. The molecule has 3 aromatic rings. The number of ether oxygens (including phenoxy) is 1. The quantitative estimate of drug-likeness (QED) is 0.630. The minimum absolute atomic E-state index is 0.183. The van der Waals surface area contributed by atoms with Crippen LogP contribution in [0.25, 0.3) is 16.9 Å². The summed E-state index contributed by atoms with van der Waals surface area (Å²) in [7, 11) is 2.15. The van der Waals surface area contributed by atoms with E-state index >= 15 is 0 Å². The van der Waals surface area contributed by atoms with E-state index in [0.717, 1.165) is 29.1 Å². The molecule has 5 rings (SSSR count). The molecule has 0 amide bonds. The molecule has 5 heterocycles. The van der Waals surface area contributed by atoms with Gasteiger partial charge in [-0.2, -0.15) is 14.9 Å². The Hall–Kier alpha value is -2.49. The molecule has 178 valence electrons. The van der Waals surface area contributed by atoms with E-state index in [0.29, 0.717) is 31.7 Å². The largest absolute Gasteiger partial charge is 0.385 e. The van der Waals surface area contributed by atoms with Crippen molar-refractivity contribution in [2.45, 2.75) is 70.2 Å². The number of hydrogen-bond donors (Lipinski definition) is 2. The summed E-state index contributed by atoms with van der Waals surface area (Å²) in [5, 5.41) is 24.9. The Labute approximate surface area is 194 Å². The number of nitrogens with zero attached hydrogens (tertiary/aromatic N) is 6. The molecule has 2 fully saturated rings. The zero-order valence-corrected chi connectivity index (χ0v) is 20.5. The van der Waals surface area contributed by atoms with Crippen molar-refractivity contribution in [3.63, 3.8) is 0 Å². The number of H-pyrrole nitrogens is 1. The monoisotopic (exact) mass is 453 g/mol. The number of aromatic amines is 1. The van der Waals surface area contributed by atoms with Crippen molar-refractivity contribution in [3.05, 3.63) is 30.1 Å². The fourth-order valence-corrected chi connectivity index (χ4v) is 5.87. The number of aromatic nitrogens is 5. The Morgan fingerprint density at radius 3 is 2.55 bits per heavy atom. The van der Waals surface area contributed by atoms with E-state index in [1.54, 1.807) is 10.9 Å². The minimum atomic E-state index is -1.02. The van der Waals surface area contributed by atoms with Crippen LogP contribution in [0.4, 0.5) is 5.82 Å². The van der Waals surface area contributed by atoms with Crippen LogP contribution in [0.3, 0.4) is 0 Å². The number of aliphatic hydroxyl groups is 1. The lowest BCUT2D eigenvalue weighted by Gasteiger charge is -2.57. The highest BCUT2D eigenvalue weighted by atomic mass is 16.5. The number of pyridine rings is 1. The van der Waals surface area contributed by atoms with Crippen LogP contribution in [0.2, 0.25) is 0 Å². The van der Waals surface area contributed by atoms with Crippen molar-refractivity contribution in [3.8, 4) is 5.82 Å². The number of nitrogens with one attached hydrogen (secondary N) is 1. The molecular weight excluding hydrogens is 418 g/mol. The van der Waals surface area contributed by atoms with Crippen LogP contribution in [0, 0.1) is 0 Å². The Kier molecular flexibility index (Phi) is 5.08. The number of morpholine rings is 1. The van der Waals surface area contributed by atoms with E-state index < -0.39 is 5.60 Å². The highest BCUT2D eigenvalue weighted by Gasteiger charge is 2.51. The predicted molar refractivity (Wildman–Crippen MR) is 128 cm³/mol. The fourth-order valence-electron chi connectivity index (χ4n) is 5.87. The van der Waals surface area contributed by atoms with Gasteiger partial charge in [0.15, 0.2) is 11.5 Å². The van der Waals surface area contributed by atoms with Crippen LogP contribution < -0.4 is 4.90 Å². The van der Waals surface area contributed by atoms with E-state index in [9.17, 15) is 5.11 Å². The van der Waals surface area contributed by atoms with E-state index in [4.69, 9.17) is 9.72 Å². The third-order valence-electron chi connectivity index (χ3n) is 7.67. The maximum atomic E-state index is 12.3. The van der Waals surface area contributed by atoms with Crippen molar-refractivity contribution in [1.82, 2.24) is 29.9 Å². The summed E-state index contributed by atoms with van der Waals surface area (Å²) in [5.41, 5.74) is 0.220.